The van der Waals surface area contributed by atoms with Crippen LogP contribution in [0, 0.1) is 22.7 Å². The van der Waals surface area contributed by atoms with E-state index < -0.39 is 17.8 Å². The summed E-state index contributed by atoms with van der Waals surface area (Å²) >= 11 is 0. The fourth-order valence-electron chi connectivity index (χ4n) is 1.26. The molecule has 0 aliphatic rings. The number of nitriles is 2. The van der Waals surface area contributed by atoms with Gasteiger partial charge in [0.05, 0.1) is 23.3 Å². The summed E-state index contributed by atoms with van der Waals surface area (Å²) in [6.07, 6.45) is -4.68. The molecule has 1 aromatic rings. The Hall–Kier alpha value is -2.05. The van der Waals surface area contributed by atoms with Crippen LogP contribution in [0.25, 0.3) is 0 Å². The molecule has 16 heavy (non-hydrogen) atoms. The minimum atomic E-state index is -4.68. The lowest BCUT2D eigenvalue weighted by atomic mass is 9.96. The van der Waals surface area contributed by atoms with Gasteiger partial charge in [-0.1, -0.05) is 6.07 Å². The first-order valence-electron chi connectivity index (χ1n) is 4.17. The number of alkyl halides is 3. The zero-order valence-electron chi connectivity index (χ0n) is 7.92. The van der Waals surface area contributed by atoms with Crippen molar-refractivity contribution < 1.29 is 13.2 Å². The Bertz CT molecular complexity index is 447. The van der Waals surface area contributed by atoms with Gasteiger partial charge in [-0.2, -0.15) is 23.7 Å². The van der Waals surface area contributed by atoms with Crippen LogP contribution < -0.4 is 5.73 Å². The molecule has 0 aliphatic carbocycles. The lowest BCUT2D eigenvalue weighted by Crippen LogP contribution is -2.30. The summed E-state index contributed by atoms with van der Waals surface area (Å²) in [7, 11) is 0. The van der Waals surface area contributed by atoms with E-state index in [4.69, 9.17) is 16.3 Å². The zero-order chi connectivity index (χ0) is 12.3. The molecule has 2 N–H and O–H groups in total. The molecule has 0 fully saturated rings. The smallest absolute Gasteiger partial charge is 0.316 e. The number of hydrogen-bond acceptors (Lipinski definition) is 3. The predicted molar refractivity (Wildman–Crippen MR) is 48.9 cm³/mol. The standard InChI is InChI=1S/C10H6F3N3/c11-10(12,13)9(16)8-6(4-14)2-1-3-7(8)5-15/h1-3,9H,16H2/t9-/m1/s1. The van der Waals surface area contributed by atoms with Crippen LogP contribution in [0.5, 0.6) is 0 Å². The molecule has 0 saturated carbocycles. The summed E-state index contributed by atoms with van der Waals surface area (Å²) in [4.78, 5) is 0. The molecule has 0 aromatic heterocycles. The van der Waals surface area contributed by atoms with Gasteiger partial charge in [-0.15, -0.1) is 0 Å². The van der Waals surface area contributed by atoms with E-state index in [9.17, 15) is 13.2 Å². The minimum Gasteiger partial charge on any atom is -0.316 e. The van der Waals surface area contributed by atoms with Crippen molar-refractivity contribution in [2.45, 2.75) is 12.2 Å². The molecule has 0 spiro atoms. The van der Waals surface area contributed by atoms with E-state index in [0.29, 0.717) is 0 Å². The van der Waals surface area contributed by atoms with Gasteiger partial charge in [0, 0.05) is 5.56 Å². The fraction of sp³-hybridized carbons (Fsp3) is 0.200. The molecule has 82 valence electrons. The molecule has 1 rings (SSSR count). The zero-order valence-corrected chi connectivity index (χ0v) is 7.92. The van der Waals surface area contributed by atoms with Crippen molar-refractivity contribution in [1.29, 1.82) is 10.5 Å². The summed E-state index contributed by atoms with van der Waals surface area (Å²) < 4.78 is 37.3. The SMILES string of the molecule is N#Cc1cccc(C#N)c1[C@@H](N)C(F)(F)F. The lowest BCUT2D eigenvalue weighted by molar-refractivity contribution is -0.149. The Morgan fingerprint density at radius 1 is 1.12 bits per heavy atom. The van der Waals surface area contributed by atoms with E-state index in [1.165, 1.54) is 18.2 Å². The van der Waals surface area contributed by atoms with E-state index in [-0.39, 0.29) is 11.1 Å². The molecule has 0 radical (unpaired) electrons. The number of nitrogens with zero attached hydrogens (tertiary/aromatic N) is 2. The van der Waals surface area contributed by atoms with Gasteiger partial charge >= 0.3 is 6.18 Å². The molecule has 0 amide bonds. The molecular weight excluding hydrogens is 219 g/mol. The summed E-state index contributed by atoms with van der Waals surface area (Å²) in [6.45, 7) is 0. The van der Waals surface area contributed by atoms with Crippen molar-refractivity contribution in [3.8, 4) is 12.1 Å². The molecule has 6 heteroatoms. The topological polar surface area (TPSA) is 73.6 Å². The fourth-order valence-corrected chi connectivity index (χ4v) is 1.26. The van der Waals surface area contributed by atoms with Crippen molar-refractivity contribution in [3.63, 3.8) is 0 Å². The van der Waals surface area contributed by atoms with Crippen LogP contribution in [0.4, 0.5) is 13.2 Å². The average molecular weight is 225 g/mol. The number of benzene rings is 1. The molecule has 0 heterocycles. The van der Waals surface area contributed by atoms with Crippen LogP contribution in [-0.2, 0) is 0 Å². The molecule has 3 nitrogen and oxygen atoms in total. The van der Waals surface area contributed by atoms with E-state index in [1.807, 2.05) is 0 Å². The van der Waals surface area contributed by atoms with Gasteiger partial charge in [-0.05, 0) is 12.1 Å². The first-order valence-corrected chi connectivity index (χ1v) is 4.17. The quantitative estimate of drug-likeness (QED) is 0.794. The maximum absolute atomic E-state index is 12.4. The van der Waals surface area contributed by atoms with Crippen LogP contribution in [0.1, 0.15) is 22.7 Å². The molecule has 0 unspecified atom stereocenters. The summed E-state index contributed by atoms with van der Waals surface area (Å²) in [5.74, 6) is 0. The molecule has 0 aliphatic heterocycles. The molecular formula is C10H6F3N3. The van der Waals surface area contributed by atoms with E-state index in [2.05, 4.69) is 0 Å². The van der Waals surface area contributed by atoms with Crippen molar-refractivity contribution >= 4 is 0 Å². The van der Waals surface area contributed by atoms with Gasteiger partial charge in [0.25, 0.3) is 0 Å². The second-order valence-electron chi connectivity index (χ2n) is 3.01. The normalized spacial score (nSPS) is 12.6. The second kappa shape index (κ2) is 4.21. The van der Waals surface area contributed by atoms with Crippen LogP contribution in [0.15, 0.2) is 18.2 Å². The largest absolute Gasteiger partial charge is 0.407 e. The summed E-state index contributed by atoms with van der Waals surface area (Å²) in [5.41, 5.74) is 4.06. The number of rotatable bonds is 1. The minimum absolute atomic E-state index is 0.233. The van der Waals surface area contributed by atoms with Crippen LogP contribution in [-0.4, -0.2) is 6.18 Å². The summed E-state index contributed by atoms with van der Waals surface area (Å²) in [6, 6.07) is 4.59. The maximum atomic E-state index is 12.4. The summed E-state index contributed by atoms with van der Waals surface area (Å²) in [5, 5.41) is 17.3. The number of halogens is 3. The van der Waals surface area contributed by atoms with Gasteiger partial charge < -0.3 is 5.73 Å². The number of nitrogens with two attached hydrogens (primary N) is 1. The molecule has 1 atom stereocenters. The Kier molecular flexibility index (Phi) is 3.17. The third-order valence-electron chi connectivity index (χ3n) is 2.01. The van der Waals surface area contributed by atoms with Gasteiger partial charge in [-0.25, -0.2) is 0 Å². The molecule has 0 saturated heterocycles. The van der Waals surface area contributed by atoms with Crippen molar-refractivity contribution in [3.05, 3.63) is 34.9 Å². The van der Waals surface area contributed by atoms with Gasteiger partial charge in [-0.3, -0.25) is 0 Å². The van der Waals surface area contributed by atoms with Gasteiger partial charge in [0.15, 0.2) is 0 Å². The van der Waals surface area contributed by atoms with Crippen LogP contribution in [0.3, 0.4) is 0 Å². The monoisotopic (exact) mass is 225 g/mol. The van der Waals surface area contributed by atoms with Gasteiger partial charge in [0.2, 0.25) is 0 Å². The highest BCUT2D eigenvalue weighted by molar-refractivity contribution is 5.50. The maximum Gasteiger partial charge on any atom is 0.407 e. The lowest BCUT2D eigenvalue weighted by Gasteiger charge is -2.17. The van der Waals surface area contributed by atoms with Crippen molar-refractivity contribution in [2.24, 2.45) is 5.73 Å². The molecule has 0 bridgehead atoms. The Labute approximate surface area is 89.5 Å². The highest BCUT2D eigenvalue weighted by Crippen LogP contribution is 2.33. The van der Waals surface area contributed by atoms with Crippen molar-refractivity contribution in [1.82, 2.24) is 0 Å². The third-order valence-corrected chi connectivity index (χ3v) is 2.01. The van der Waals surface area contributed by atoms with Crippen molar-refractivity contribution in [2.75, 3.05) is 0 Å². The highest BCUT2D eigenvalue weighted by Gasteiger charge is 2.40. The van der Waals surface area contributed by atoms with Crippen LogP contribution in [0.2, 0.25) is 0 Å². The first kappa shape index (κ1) is 12.0. The Morgan fingerprint density at radius 3 is 1.88 bits per heavy atom. The Morgan fingerprint density at radius 2 is 1.56 bits per heavy atom. The first-order chi connectivity index (χ1) is 7.41. The van der Waals surface area contributed by atoms with E-state index >= 15 is 0 Å². The second-order valence-corrected chi connectivity index (χ2v) is 3.01. The molecule has 1 aromatic carbocycles. The average Bonchev–Trinajstić information content (AvgIpc) is 2.25. The van der Waals surface area contributed by atoms with Crippen LogP contribution >= 0.6 is 0 Å². The van der Waals surface area contributed by atoms with Gasteiger partial charge in [0.1, 0.15) is 6.04 Å². The Balaban J connectivity index is 3.43. The van der Waals surface area contributed by atoms with E-state index in [0.717, 1.165) is 0 Å². The van der Waals surface area contributed by atoms with E-state index in [1.54, 1.807) is 12.1 Å². The third kappa shape index (κ3) is 2.13. The predicted octanol–water partition coefficient (Wildman–Crippen LogP) is 1.99. The highest BCUT2D eigenvalue weighted by atomic mass is 19.4. The number of hydrogen-bond donors (Lipinski definition) is 1.